The number of halogens is 1. The van der Waals surface area contributed by atoms with Gasteiger partial charge in [-0.25, -0.2) is 10.2 Å². The van der Waals surface area contributed by atoms with E-state index in [1.54, 1.807) is 66.7 Å². The number of carbonyl (C=O) groups is 2. The van der Waals surface area contributed by atoms with Crippen molar-refractivity contribution in [3.63, 3.8) is 0 Å². The second kappa shape index (κ2) is 10.4. The van der Waals surface area contributed by atoms with Gasteiger partial charge in [0, 0.05) is 10.0 Å². The standard InChI is InChI=1S/C23H19BrN2O4/c1-2-29-18-13-9-17(10-14-18)22(27)26-25-15-16-7-11-19(12-8-16)30-23(28)20-5-3-4-6-21(20)24/h3-15H,2H2,1H3,(H,26,27). The van der Waals surface area contributed by atoms with Crippen molar-refractivity contribution >= 4 is 34.0 Å². The number of hydrazone groups is 1. The SMILES string of the molecule is CCOc1ccc(C(=O)NN=Cc2ccc(OC(=O)c3ccccc3Br)cc2)cc1. The summed E-state index contributed by atoms with van der Waals surface area (Å²) in [4.78, 5) is 24.3. The highest BCUT2D eigenvalue weighted by Crippen LogP contribution is 2.19. The highest BCUT2D eigenvalue weighted by Gasteiger charge is 2.11. The van der Waals surface area contributed by atoms with Gasteiger partial charge in [-0.1, -0.05) is 12.1 Å². The number of benzene rings is 3. The summed E-state index contributed by atoms with van der Waals surface area (Å²) in [7, 11) is 0. The lowest BCUT2D eigenvalue weighted by Crippen LogP contribution is -2.17. The normalized spacial score (nSPS) is 10.6. The minimum Gasteiger partial charge on any atom is -0.494 e. The molecule has 0 saturated carbocycles. The summed E-state index contributed by atoms with van der Waals surface area (Å²) in [6.07, 6.45) is 1.51. The van der Waals surface area contributed by atoms with Crippen LogP contribution in [0.2, 0.25) is 0 Å². The predicted molar refractivity (Wildman–Crippen MR) is 118 cm³/mol. The molecule has 0 heterocycles. The first kappa shape index (κ1) is 21.3. The van der Waals surface area contributed by atoms with Crippen molar-refractivity contribution < 1.29 is 19.1 Å². The number of amides is 1. The van der Waals surface area contributed by atoms with Crippen molar-refractivity contribution in [1.29, 1.82) is 0 Å². The van der Waals surface area contributed by atoms with Crippen molar-refractivity contribution in [1.82, 2.24) is 5.43 Å². The zero-order chi connectivity index (χ0) is 21.3. The molecular formula is C23H19BrN2O4. The van der Waals surface area contributed by atoms with Crippen LogP contribution in [0.25, 0.3) is 0 Å². The van der Waals surface area contributed by atoms with Crippen LogP contribution in [0.5, 0.6) is 11.5 Å². The number of hydrogen-bond donors (Lipinski definition) is 1. The molecule has 3 aromatic carbocycles. The number of nitrogens with one attached hydrogen (secondary N) is 1. The van der Waals surface area contributed by atoms with E-state index in [4.69, 9.17) is 9.47 Å². The Morgan fingerprint density at radius 2 is 1.63 bits per heavy atom. The molecule has 0 fully saturated rings. The maximum atomic E-state index is 12.2. The first-order valence-electron chi connectivity index (χ1n) is 9.20. The molecule has 1 amide bonds. The van der Waals surface area contributed by atoms with Gasteiger partial charge < -0.3 is 9.47 Å². The molecule has 0 bridgehead atoms. The molecular weight excluding hydrogens is 448 g/mol. The summed E-state index contributed by atoms with van der Waals surface area (Å²) >= 11 is 3.33. The molecule has 0 unspecified atom stereocenters. The fourth-order valence-corrected chi connectivity index (χ4v) is 2.96. The molecule has 0 aliphatic carbocycles. The number of nitrogens with zero attached hydrogens (tertiary/aromatic N) is 1. The summed E-state index contributed by atoms with van der Waals surface area (Å²) in [5.41, 5.74) is 4.13. The lowest BCUT2D eigenvalue weighted by atomic mass is 10.2. The molecule has 30 heavy (non-hydrogen) atoms. The van der Waals surface area contributed by atoms with Gasteiger partial charge in [0.2, 0.25) is 0 Å². The van der Waals surface area contributed by atoms with Crippen LogP contribution in [-0.4, -0.2) is 24.7 Å². The summed E-state index contributed by atoms with van der Waals surface area (Å²) in [5.74, 6) is 0.337. The maximum Gasteiger partial charge on any atom is 0.344 e. The van der Waals surface area contributed by atoms with Gasteiger partial charge in [0.05, 0.1) is 18.4 Å². The van der Waals surface area contributed by atoms with E-state index in [1.807, 2.05) is 13.0 Å². The second-order valence-electron chi connectivity index (χ2n) is 6.09. The Morgan fingerprint density at radius 3 is 2.30 bits per heavy atom. The van der Waals surface area contributed by atoms with Crippen LogP contribution < -0.4 is 14.9 Å². The molecule has 0 atom stereocenters. The minimum atomic E-state index is -0.452. The summed E-state index contributed by atoms with van der Waals surface area (Å²) in [5, 5.41) is 3.96. The molecule has 7 heteroatoms. The van der Waals surface area contributed by atoms with Crippen molar-refractivity contribution in [2.24, 2.45) is 5.10 Å². The number of hydrogen-bond acceptors (Lipinski definition) is 5. The highest BCUT2D eigenvalue weighted by molar-refractivity contribution is 9.10. The van der Waals surface area contributed by atoms with Crippen LogP contribution in [0.1, 0.15) is 33.2 Å². The number of esters is 1. The third kappa shape index (κ3) is 5.78. The lowest BCUT2D eigenvalue weighted by molar-refractivity contribution is 0.0733. The second-order valence-corrected chi connectivity index (χ2v) is 6.95. The van der Waals surface area contributed by atoms with Crippen molar-refractivity contribution in [2.75, 3.05) is 6.61 Å². The Bertz CT molecular complexity index is 1050. The fourth-order valence-electron chi connectivity index (χ4n) is 2.51. The van der Waals surface area contributed by atoms with Crippen LogP contribution in [-0.2, 0) is 0 Å². The van der Waals surface area contributed by atoms with E-state index in [0.29, 0.717) is 33.7 Å². The summed E-state index contributed by atoms with van der Waals surface area (Å²) in [6.45, 7) is 2.46. The molecule has 3 aromatic rings. The summed E-state index contributed by atoms with van der Waals surface area (Å²) in [6, 6.07) is 20.6. The monoisotopic (exact) mass is 466 g/mol. The number of rotatable bonds is 7. The first-order chi connectivity index (χ1) is 14.6. The molecule has 3 rings (SSSR count). The maximum absolute atomic E-state index is 12.2. The molecule has 6 nitrogen and oxygen atoms in total. The van der Waals surface area contributed by atoms with Crippen LogP contribution in [0.15, 0.2) is 82.4 Å². The molecule has 0 aliphatic heterocycles. The van der Waals surface area contributed by atoms with Gasteiger partial charge in [0.15, 0.2) is 0 Å². The Balaban J connectivity index is 1.54. The van der Waals surface area contributed by atoms with Gasteiger partial charge >= 0.3 is 5.97 Å². The van der Waals surface area contributed by atoms with E-state index in [1.165, 1.54) is 6.21 Å². The predicted octanol–water partition coefficient (Wildman–Crippen LogP) is 4.83. The molecule has 1 N–H and O–H groups in total. The van der Waals surface area contributed by atoms with E-state index < -0.39 is 5.97 Å². The topological polar surface area (TPSA) is 77.0 Å². The van der Waals surface area contributed by atoms with E-state index in [9.17, 15) is 9.59 Å². The first-order valence-corrected chi connectivity index (χ1v) is 9.99. The van der Waals surface area contributed by atoms with Crippen LogP contribution in [0.3, 0.4) is 0 Å². The highest BCUT2D eigenvalue weighted by atomic mass is 79.9. The molecule has 0 saturated heterocycles. The Kier molecular flexibility index (Phi) is 7.34. The third-order valence-corrected chi connectivity index (χ3v) is 4.68. The van der Waals surface area contributed by atoms with Crippen LogP contribution in [0.4, 0.5) is 0 Å². The number of carbonyl (C=O) groups excluding carboxylic acids is 2. The van der Waals surface area contributed by atoms with Gasteiger partial charge in [0.1, 0.15) is 11.5 Å². The largest absolute Gasteiger partial charge is 0.494 e. The molecule has 0 aliphatic rings. The zero-order valence-electron chi connectivity index (χ0n) is 16.2. The van der Waals surface area contributed by atoms with Crippen molar-refractivity contribution in [3.05, 3.63) is 94.0 Å². The quantitative estimate of drug-likeness (QED) is 0.234. The van der Waals surface area contributed by atoms with Gasteiger partial charge in [-0.15, -0.1) is 0 Å². The molecule has 0 spiro atoms. The van der Waals surface area contributed by atoms with Crippen LogP contribution in [0, 0.1) is 0 Å². The Hall–Kier alpha value is -3.45. The van der Waals surface area contributed by atoms with Gasteiger partial charge in [0.25, 0.3) is 5.91 Å². The van der Waals surface area contributed by atoms with E-state index in [2.05, 4.69) is 26.5 Å². The van der Waals surface area contributed by atoms with Gasteiger partial charge in [-0.3, -0.25) is 4.79 Å². The van der Waals surface area contributed by atoms with Gasteiger partial charge in [-0.2, -0.15) is 5.10 Å². The Morgan fingerprint density at radius 1 is 0.967 bits per heavy atom. The van der Waals surface area contributed by atoms with E-state index in [-0.39, 0.29) is 5.91 Å². The van der Waals surface area contributed by atoms with Crippen LogP contribution >= 0.6 is 15.9 Å². The lowest BCUT2D eigenvalue weighted by Gasteiger charge is -2.06. The van der Waals surface area contributed by atoms with Crippen molar-refractivity contribution in [3.8, 4) is 11.5 Å². The van der Waals surface area contributed by atoms with Gasteiger partial charge in [-0.05, 0) is 89.1 Å². The molecule has 0 radical (unpaired) electrons. The van der Waals surface area contributed by atoms with Crippen molar-refractivity contribution in [2.45, 2.75) is 6.92 Å². The summed E-state index contributed by atoms with van der Waals surface area (Å²) < 4.78 is 11.4. The Labute approximate surface area is 182 Å². The van der Waals surface area contributed by atoms with E-state index >= 15 is 0 Å². The average Bonchev–Trinajstić information content (AvgIpc) is 2.76. The fraction of sp³-hybridized carbons (Fsp3) is 0.0870. The van der Waals surface area contributed by atoms with E-state index in [0.717, 1.165) is 5.56 Å². The molecule has 0 aromatic heterocycles. The zero-order valence-corrected chi connectivity index (χ0v) is 17.8. The molecule has 152 valence electrons. The number of ether oxygens (including phenoxy) is 2. The third-order valence-electron chi connectivity index (χ3n) is 3.99. The average molecular weight is 467 g/mol. The smallest absolute Gasteiger partial charge is 0.344 e. The minimum absolute atomic E-state index is 0.326.